The van der Waals surface area contributed by atoms with Crippen LogP contribution in [0.1, 0.15) is 26.5 Å². The van der Waals surface area contributed by atoms with E-state index in [1.807, 2.05) is 30.3 Å². The number of pyridine rings is 1. The Bertz CT molecular complexity index is 1350. The number of ketones is 1. The summed E-state index contributed by atoms with van der Waals surface area (Å²) >= 11 is 7.86. The molecular weight excluding hydrogens is 480 g/mol. The summed E-state index contributed by atoms with van der Waals surface area (Å²) < 4.78 is 6.03. The molecule has 0 atom stereocenters. The maximum Gasteiger partial charge on any atom is 0.173 e. The van der Waals surface area contributed by atoms with Gasteiger partial charge in [0, 0.05) is 55.9 Å². The quantitative estimate of drug-likeness (QED) is 0.314. The highest BCUT2D eigenvalue weighted by Crippen LogP contribution is 2.30. The number of ether oxygens (including phenoxy) is 1. The smallest absolute Gasteiger partial charge is 0.173 e. The standard InChI is InChI=1S/C27H27ClN4O2S/c28-23-16-25(24(33)7-5-18-4-6-22-19(14-18)8-9-31-27(22)29)35-26(23)17-34-21-3-1-2-20(15-21)32-12-10-30-11-13-32/h1-4,6,8-9,14-16,30H,5,7,10-13,17H2,(H2,29,31). The van der Waals surface area contributed by atoms with Crippen molar-refractivity contribution in [1.29, 1.82) is 0 Å². The summed E-state index contributed by atoms with van der Waals surface area (Å²) in [5.74, 6) is 1.40. The molecule has 4 aromatic rings. The van der Waals surface area contributed by atoms with Gasteiger partial charge < -0.3 is 20.7 Å². The Morgan fingerprint density at radius 1 is 1.14 bits per heavy atom. The zero-order valence-electron chi connectivity index (χ0n) is 19.3. The van der Waals surface area contributed by atoms with Crippen molar-refractivity contribution in [3.8, 4) is 5.75 Å². The summed E-state index contributed by atoms with van der Waals surface area (Å²) in [5.41, 5.74) is 8.18. The van der Waals surface area contributed by atoms with Gasteiger partial charge in [-0.2, -0.15) is 0 Å². The fourth-order valence-corrected chi connectivity index (χ4v) is 5.55. The lowest BCUT2D eigenvalue weighted by Gasteiger charge is -2.29. The second kappa shape index (κ2) is 10.6. The molecule has 0 spiro atoms. The van der Waals surface area contributed by atoms with E-state index in [1.54, 1.807) is 12.3 Å². The molecule has 35 heavy (non-hydrogen) atoms. The minimum atomic E-state index is 0.0817. The summed E-state index contributed by atoms with van der Waals surface area (Å²) in [7, 11) is 0. The SMILES string of the molecule is Nc1nccc2cc(CCC(=O)c3cc(Cl)c(COc4cccc(N5CCNCC5)c4)s3)ccc12. The van der Waals surface area contributed by atoms with Gasteiger partial charge in [-0.3, -0.25) is 4.79 Å². The van der Waals surface area contributed by atoms with Crippen molar-refractivity contribution < 1.29 is 9.53 Å². The summed E-state index contributed by atoms with van der Waals surface area (Å²) in [6.45, 7) is 4.27. The van der Waals surface area contributed by atoms with Crippen LogP contribution in [0, 0.1) is 0 Å². The molecule has 8 heteroatoms. The number of nitrogens with one attached hydrogen (secondary N) is 1. The molecule has 0 amide bonds. The highest BCUT2D eigenvalue weighted by atomic mass is 35.5. The Morgan fingerprint density at radius 2 is 2.00 bits per heavy atom. The first-order valence-corrected chi connectivity index (χ1v) is 12.9. The number of benzene rings is 2. The van der Waals surface area contributed by atoms with E-state index in [2.05, 4.69) is 33.4 Å². The summed E-state index contributed by atoms with van der Waals surface area (Å²) in [5, 5.41) is 5.90. The molecule has 5 rings (SSSR count). The van der Waals surface area contributed by atoms with Crippen molar-refractivity contribution >= 4 is 51.0 Å². The monoisotopic (exact) mass is 506 g/mol. The van der Waals surface area contributed by atoms with Gasteiger partial charge in [-0.25, -0.2) is 4.98 Å². The summed E-state index contributed by atoms with van der Waals surface area (Å²) in [6.07, 6.45) is 2.76. The van der Waals surface area contributed by atoms with Gasteiger partial charge in [0.15, 0.2) is 5.78 Å². The van der Waals surface area contributed by atoms with Crippen LogP contribution in [-0.2, 0) is 13.0 Å². The van der Waals surface area contributed by atoms with Gasteiger partial charge in [-0.1, -0.05) is 35.9 Å². The number of aromatic nitrogens is 1. The molecule has 3 heterocycles. The number of hydrogen-bond donors (Lipinski definition) is 2. The molecule has 2 aromatic carbocycles. The van der Waals surface area contributed by atoms with E-state index in [0.29, 0.717) is 35.2 Å². The van der Waals surface area contributed by atoms with Gasteiger partial charge in [0.25, 0.3) is 0 Å². The van der Waals surface area contributed by atoms with Crippen molar-refractivity contribution in [2.75, 3.05) is 36.8 Å². The Hall–Kier alpha value is -3.13. The normalized spacial score (nSPS) is 13.8. The first-order chi connectivity index (χ1) is 17.1. The van der Waals surface area contributed by atoms with Gasteiger partial charge in [0.05, 0.1) is 14.8 Å². The topological polar surface area (TPSA) is 80.5 Å². The molecule has 0 saturated carbocycles. The average molecular weight is 507 g/mol. The second-order valence-electron chi connectivity index (χ2n) is 8.58. The van der Waals surface area contributed by atoms with Crippen LogP contribution in [0.3, 0.4) is 0 Å². The first kappa shape index (κ1) is 23.6. The zero-order chi connectivity index (χ0) is 24.2. The molecule has 1 fully saturated rings. The number of halogens is 1. The van der Waals surface area contributed by atoms with Gasteiger partial charge in [-0.05, 0) is 41.6 Å². The van der Waals surface area contributed by atoms with Gasteiger partial charge in [0.2, 0.25) is 0 Å². The number of carbonyl (C=O) groups excluding carboxylic acids is 1. The van der Waals surface area contributed by atoms with E-state index in [4.69, 9.17) is 22.1 Å². The number of nitrogen functional groups attached to an aromatic ring is 1. The first-order valence-electron chi connectivity index (χ1n) is 11.7. The molecule has 0 unspecified atom stereocenters. The molecule has 2 aromatic heterocycles. The molecule has 6 nitrogen and oxygen atoms in total. The lowest BCUT2D eigenvalue weighted by atomic mass is 10.0. The van der Waals surface area contributed by atoms with Crippen LogP contribution in [-0.4, -0.2) is 36.9 Å². The van der Waals surface area contributed by atoms with Gasteiger partial charge >= 0.3 is 0 Å². The number of rotatable bonds is 8. The number of carbonyl (C=O) groups is 1. The van der Waals surface area contributed by atoms with E-state index in [0.717, 1.165) is 58.8 Å². The molecule has 0 aliphatic carbocycles. The number of aryl methyl sites for hydroxylation is 1. The Morgan fingerprint density at radius 3 is 2.86 bits per heavy atom. The van der Waals surface area contributed by atoms with Crippen molar-refractivity contribution in [2.45, 2.75) is 19.4 Å². The molecule has 0 bridgehead atoms. The van der Waals surface area contributed by atoms with Crippen LogP contribution in [0.2, 0.25) is 5.02 Å². The summed E-state index contributed by atoms with van der Waals surface area (Å²) in [4.78, 5) is 20.9. The minimum absolute atomic E-state index is 0.0817. The predicted octanol–water partition coefficient (Wildman–Crippen LogP) is 5.34. The van der Waals surface area contributed by atoms with E-state index in [9.17, 15) is 4.79 Å². The summed E-state index contributed by atoms with van der Waals surface area (Å²) in [6, 6.07) is 17.9. The van der Waals surface area contributed by atoms with E-state index in [1.165, 1.54) is 11.3 Å². The molecule has 1 saturated heterocycles. The number of nitrogens with two attached hydrogens (primary N) is 1. The van der Waals surface area contributed by atoms with E-state index < -0.39 is 0 Å². The maximum atomic E-state index is 12.9. The number of hydrogen-bond acceptors (Lipinski definition) is 7. The number of thiophene rings is 1. The number of nitrogens with zero attached hydrogens (tertiary/aromatic N) is 2. The number of Topliss-reactive ketones (excluding diaryl/α,β-unsaturated/α-hetero) is 1. The molecule has 180 valence electrons. The minimum Gasteiger partial charge on any atom is -0.488 e. The second-order valence-corrected chi connectivity index (χ2v) is 10.1. The lowest BCUT2D eigenvalue weighted by Crippen LogP contribution is -2.43. The number of fused-ring (bicyclic) bond motifs is 1. The highest BCUT2D eigenvalue weighted by molar-refractivity contribution is 7.14. The van der Waals surface area contributed by atoms with E-state index >= 15 is 0 Å². The van der Waals surface area contributed by atoms with Crippen molar-refractivity contribution in [3.63, 3.8) is 0 Å². The van der Waals surface area contributed by atoms with Crippen LogP contribution in [0.4, 0.5) is 11.5 Å². The molecule has 1 aliphatic rings. The third kappa shape index (κ3) is 5.59. The predicted molar refractivity (Wildman–Crippen MR) is 144 cm³/mol. The van der Waals surface area contributed by atoms with Crippen LogP contribution in [0.5, 0.6) is 5.75 Å². The largest absolute Gasteiger partial charge is 0.488 e. The third-order valence-electron chi connectivity index (χ3n) is 6.20. The third-order valence-corrected chi connectivity index (χ3v) is 7.80. The molecule has 1 aliphatic heterocycles. The average Bonchev–Trinajstić information content (AvgIpc) is 3.27. The zero-order valence-corrected chi connectivity index (χ0v) is 20.9. The van der Waals surface area contributed by atoms with Crippen LogP contribution < -0.4 is 20.7 Å². The van der Waals surface area contributed by atoms with Crippen molar-refractivity contribution in [3.05, 3.63) is 81.1 Å². The van der Waals surface area contributed by atoms with Crippen LogP contribution >= 0.6 is 22.9 Å². The number of anilines is 2. The van der Waals surface area contributed by atoms with Crippen molar-refractivity contribution in [2.24, 2.45) is 0 Å². The van der Waals surface area contributed by atoms with Crippen molar-refractivity contribution in [1.82, 2.24) is 10.3 Å². The van der Waals surface area contributed by atoms with Crippen LogP contribution in [0.25, 0.3) is 10.8 Å². The fourth-order valence-electron chi connectivity index (χ4n) is 4.27. The molecule has 3 N–H and O–H groups in total. The Balaban J connectivity index is 1.19. The Kier molecular flexibility index (Phi) is 7.18. The fraction of sp³-hybridized carbons (Fsp3) is 0.259. The molecular formula is C27H27ClN4O2S. The van der Waals surface area contributed by atoms with Gasteiger partial charge in [-0.15, -0.1) is 11.3 Å². The van der Waals surface area contributed by atoms with E-state index in [-0.39, 0.29) is 5.78 Å². The Labute approximate surface area is 213 Å². The molecule has 0 radical (unpaired) electrons. The maximum absolute atomic E-state index is 12.9. The highest BCUT2D eigenvalue weighted by Gasteiger charge is 2.15. The van der Waals surface area contributed by atoms with Gasteiger partial charge in [0.1, 0.15) is 18.2 Å². The number of piperazine rings is 1. The lowest BCUT2D eigenvalue weighted by molar-refractivity contribution is 0.0986. The van der Waals surface area contributed by atoms with Crippen LogP contribution in [0.15, 0.2) is 60.8 Å².